The highest BCUT2D eigenvalue weighted by Gasteiger charge is 2.45. The van der Waals surface area contributed by atoms with Gasteiger partial charge in [0.25, 0.3) is 5.91 Å². The molecule has 0 bridgehead atoms. The molecule has 1 aliphatic heterocycles. The number of hydrogen-bond donors (Lipinski definition) is 2. The molecule has 1 atom stereocenters. The van der Waals surface area contributed by atoms with Gasteiger partial charge in [0.2, 0.25) is 5.78 Å². The summed E-state index contributed by atoms with van der Waals surface area (Å²) in [6.45, 7) is 4.64. The van der Waals surface area contributed by atoms with E-state index in [1.54, 1.807) is 19.1 Å². The Labute approximate surface area is 155 Å². The van der Waals surface area contributed by atoms with Gasteiger partial charge in [0, 0.05) is 0 Å². The predicted molar refractivity (Wildman–Crippen MR) is 96.4 cm³/mol. The zero-order valence-electron chi connectivity index (χ0n) is 15.2. The first kappa shape index (κ1) is 18.3. The first-order chi connectivity index (χ1) is 12.3. The number of aromatic nitrogens is 1. The third-order valence-electron chi connectivity index (χ3n) is 4.32. The molecule has 138 valence electrons. The predicted octanol–water partition coefficient (Wildman–Crippen LogP) is 1.08. The van der Waals surface area contributed by atoms with Gasteiger partial charge in [0.15, 0.2) is 5.76 Å². The summed E-state index contributed by atoms with van der Waals surface area (Å²) in [6, 6.07) is 2.69. The molecule has 3 heterocycles. The Morgan fingerprint density at radius 3 is 2.69 bits per heavy atom. The van der Waals surface area contributed by atoms with E-state index in [0.717, 1.165) is 9.91 Å². The van der Waals surface area contributed by atoms with Crippen molar-refractivity contribution < 1.29 is 24.0 Å². The Hall–Kier alpha value is -2.45. The van der Waals surface area contributed by atoms with Crippen molar-refractivity contribution in [2.75, 3.05) is 27.2 Å². The maximum Gasteiger partial charge on any atom is 0.290 e. The van der Waals surface area contributed by atoms with E-state index >= 15 is 0 Å². The quantitative estimate of drug-likeness (QED) is 0.737. The average Bonchev–Trinajstić information content (AvgIpc) is 3.26. The van der Waals surface area contributed by atoms with Gasteiger partial charge in [0.05, 0.1) is 54.6 Å². The Balaban J connectivity index is 2.04. The average molecular weight is 376 g/mol. The zero-order valence-corrected chi connectivity index (χ0v) is 16.0. The van der Waals surface area contributed by atoms with Crippen LogP contribution in [0.4, 0.5) is 0 Å². The van der Waals surface area contributed by atoms with Crippen LogP contribution in [0.15, 0.2) is 34.1 Å². The number of rotatable bonds is 6. The van der Waals surface area contributed by atoms with Crippen LogP contribution in [0.2, 0.25) is 0 Å². The third kappa shape index (κ3) is 3.17. The second-order valence-electron chi connectivity index (χ2n) is 6.61. The van der Waals surface area contributed by atoms with E-state index in [1.165, 1.54) is 22.5 Å². The summed E-state index contributed by atoms with van der Waals surface area (Å²) in [5.74, 6) is -0.969. The number of aliphatic hydroxyl groups excluding tert-OH is 1. The Bertz CT molecular complexity index is 867. The van der Waals surface area contributed by atoms with Crippen LogP contribution in [0.5, 0.6) is 0 Å². The van der Waals surface area contributed by atoms with Gasteiger partial charge in [-0.05, 0) is 26.0 Å². The van der Waals surface area contributed by atoms with Crippen molar-refractivity contribution in [1.29, 1.82) is 0 Å². The Kier molecular flexibility index (Phi) is 4.97. The number of quaternary nitrogens is 1. The molecule has 8 heteroatoms. The third-order valence-corrected chi connectivity index (χ3v) is 5.40. The van der Waals surface area contributed by atoms with Gasteiger partial charge < -0.3 is 19.3 Å². The number of nitrogens with zero attached hydrogens (tertiary/aromatic N) is 2. The van der Waals surface area contributed by atoms with Crippen molar-refractivity contribution in [3.8, 4) is 0 Å². The van der Waals surface area contributed by atoms with Crippen molar-refractivity contribution >= 4 is 23.0 Å². The van der Waals surface area contributed by atoms with Crippen molar-refractivity contribution in [3.63, 3.8) is 0 Å². The monoisotopic (exact) mass is 376 g/mol. The van der Waals surface area contributed by atoms with Gasteiger partial charge in [0.1, 0.15) is 11.8 Å². The minimum atomic E-state index is -0.730. The Morgan fingerprint density at radius 1 is 1.42 bits per heavy atom. The highest BCUT2D eigenvalue weighted by molar-refractivity contribution is 7.14. The number of aliphatic hydroxyl groups is 1. The lowest BCUT2D eigenvalue weighted by Crippen LogP contribution is -3.06. The molecule has 3 rings (SSSR count). The van der Waals surface area contributed by atoms with E-state index in [1.807, 2.05) is 21.0 Å². The molecule has 0 radical (unpaired) electrons. The lowest BCUT2D eigenvalue weighted by atomic mass is 9.99. The molecule has 0 saturated heterocycles. The van der Waals surface area contributed by atoms with Gasteiger partial charge in [-0.15, -0.1) is 11.3 Å². The number of likely N-dealkylation sites (N-methyl/N-ethyl adjacent to an activating group) is 1. The molecule has 2 aromatic rings. The minimum Gasteiger partial charge on any atom is -0.503 e. The van der Waals surface area contributed by atoms with Crippen LogP contribution < -0.4 is 4.90 Å². The molecule has 2 N–H and O–H groups in total. The molecular formula is C18H22N3O4S+. The van der Waals surface area contributed by atoms with Crippen molar-refractivity contribution in [2.45, 2.75) is 19.9 Å². The Morgan fingerprint density at radius 2 is 2.15 bits per heavy atom. The van der Waals surface area contributed by atoms with Gasteiger partial charge in [-0.1, -0.05) is 0 Å². The molecule has 0 spiro atoms. The number of aryl methyl sites for hydroxylation is 2. The van der Waals surface area contributed by atoms with E-state index in [2.05, 4.69) is 4.98 Å². The second-order valence-corrected chi connectivity index (χ2v) is 7.82. The number of thiazole rings is 1. The van der Waals surface area contributed by atoms with Gasteiger partial charge in [-0.3, -0.25) is 9.59 Å². The topological polar surface area (TPSA) is 88.1 Å². The minimum absolute atomic E-state index is 0.0606. The molecular weight excluding hydrogens is 354 g/mol. The van der Waals surface area contributed by atoms with Crippen LogP contribution in [0.1, 0.15) is 32.2 Å². The van der Waals surface area contributed by atoms with Gasteiger partial charge >= 0.3 is 0 Å². The number of nitrogens with one attached hydrogen (secondary N) is 1. The van der Waals surface area contributed by atoms with Crippen LogP contribution in [-0.2, 0) is 4.79 Å². The normalized spacial score (nSPS) is 17.7. The molecule has 0 aliphatic carbocycles. The van der Waals surface area contributed by atoms with Gasteiger partial charge in [-0.2, -0.15) is 0 Å². The van der Waals surface area contributed by atoms with Gasteiger partial charge in [-0.25, -0.2) is 4.98 Å². The molecule has 0 saturated carbocycles. The first-order valence-electron chi connectivity index (χ1n) is 8.36. The van der Waals surface area contributed by atoms with Crippen molar-refractivity contribution in [1.82, 2.24) is 9.88 Å². The number of hydrogen-bond acceptors (Lipinski definition) is 6. The van der Waals surface area contributed by atoms with Crippen LogP contribution >= 0.6 is 11.3 Å². The lowest BCUT2D eigenvalue weighted by molar-refractivity contribution is -0.857. The number of furan rings is 1. The molecule has 26 heavy (non-hydrogen) atoms. The van der Waals surface area contributed by atoms with E-state index in [0.29, 0.717) is 29.4 Å². The fraction of sp³-hybridized carbons (Fsp3) is 0.389. The summed E-state index contributed by atoms with van der Waals surface area (Å²) in [5, 5.41) is 11.3. The standard InChI is InChI=1S/C18H21N3O4S/c1-10-17(26-11(2)19-10)15(22)13-14(12-6-5-9-25-12)21(8-7-20(3)4)18(24)16(13)23/h5-6,9,14,23H,7-8H2,1-4H3/p+1/t14-/m0/s1. The summed E-state index contributed by atoms with van der Waals surface area (Å²) >= 11 is 1.26. The molecule has 7 nitrogen and oxygen atoms in total. The molecule has 0 fully saturated rings. The molecule has 0 unspecified atom stereocenters. The smallest absolute Gasteiger partial charge is 0.290 e. The van der Waals surface area contributed by atoms with E-state index < -0.39 is 17.7 Å². The number of carbonyl (C=O) groups is 2. The first-order valence-corrected chi connectivity index (χ1v) is 9.18. The van der Waals surface area contributed by atoms with E-state index in [9.17, 15) is 14.7 Å². The van der Waals surface area contributed by atoms with Crippen LogP contribution in [0.25, 0.3) is 0 Å². The van der Waals surface area contributed by atoms with Crippen molar-refractivity contribution in [3.05, 3.63) is 51.1 Å². The molecule has 1 amide bonds. The molecule has 2 aromatic heterocycles. The van der Waals surface area contributed by atoms with Crippen LogP contribution in [0, 0.1) is 13.8 Å². The summed E-state index contributed by atoms with van der Waals surface area (Å²) in [5.41, 5.74) is 0.657. The maximum absolute atomic E-state index is 13.2. The van der Waals surface area contributed by atoms with E-state index in [4.69, 9.17) is 4.42 Å². The lowest BCUT2D eigenvalue weighted by Gasteiger charge is -2.25. The van der Waals surface area contributed by atoms with Crippen molar-refractivity contribution in [2.24, 2.45) is 0 Å². The number of Topliss-reactive ketones (excluding diaryl/α,β-unsaturated/α-hetero) is 1. The summed E-state index contributed by atoms with van der Waals surface area (Å²) < 4.78 is 5.49. The maximum atomic E-state index is 13.2. The fourth-order valence-electron chi connectivity index (χ4n) is 3.07. The van der Waals surface area contributed by atoms with E-state index in [-0.39, 0.29) is 11.4 Å². The summed E-state index contributed by atoms with van der Waals surface area (Å²) in [6.07, 6.45) is 1.49. The zero-order chi connectivity index (χ0) is 19.0. The molecule has 0 aromatic carbocycles. The van der Waals surface area contributed by atoms with Crippen LogP contribution in [0.3, 0.4) is 0 Å². The van der Waals surface area contributed by atoms with Crippen LogP contribution in [-0.4, -0.2) is 53.9 Å². The highest BCUT2D eigenvalue weighted by Crippen LogP contribution is 2.39. The summed E-state index contributed by atoms with van der Waals surface area (Å²) in [4.78, 5) is 33.2. The number of carbonyl (C=O) groups excluding carboxylic acids is 2. The highest BCUT2D eigenvalue weighted by atomic mass is 32.1. The second kappa shape index (κ2) is 7.05. The fourth-order valence-corrected chi connectivity index (χ4v) is 3.94. The number of ketones is 1. The summed E-state index contributed by atoms with van der Waals surface area (Å²) in [7, 11) is 3.95. The molecule has 1 aliphatic rings. The SMILES string of the molecule is Cc1nc(C)c(C(=O)C2=C(O)C(=O)N(CC[NH+](C)C)[C@H]2c2ccco2)s1. The largest absolute Gasteiger partial charge is 0.503 e. The number of amides is 1.